The van der Waals surface area contributed by atoms with Crippen LogP contribution in [0, 0.1) is 16.7 Å². The van der Waals surface area contributed by atoms with Crippen LogP contribution in [0.15, 0.2) is 24.3 Å². The van der Waals surface area contributed by atoms with Crippen molar-refractivity contribution in [1.82, 2.24) is 14.3 Å². The molecule has 2 aliphatic carbocycles. The van der Waals surface area contributed by atoms with Crippen LogP contribution in [0.25, 0.3) is 0 Å². The largest absolute Gasteiger partial charge is 0.276 e. The van der Waals surface area contributed by atoms with Crippen LogP contribution < -0.4 is 0 Å². The first-order chi connectivity index (χ1) is 14.5. The maximum atomic E-state index is 13.7. The summed E-state index contributed by atoms with van der Waals surface area (Å²) in [5.74, 6) is -1.06. The summed E-state index contributed by atoms with van der Waals surface area (Å²) in [6.45, 7) is 6.03. The molecule has 3 aliphatic heterocycles. The molecule has 2 saturated heterocycles. The van der Waals surface area contributed by atoms with Gasteiger partial charge in [0.2, 0.25) is 10.0 Å². The SMILES string of the molecule is CC1(C)[C@@H]2CC[C@]13CS(=O)(=O)N(C(=O)[C@@]1(C)CN1N1C(=O)c4ccccc4C1=O)[C@@H]3C2. The fraction of sp³-hybridized carbons (Fsp3) is 0.591. The van der Waals surface area contributed by atoms with Crippen molar-refractivity contribution < 1.29 is 22.8 Å². The Balaban J connectivity index is 1.33. The van der Waals surface area contributed by atoms with Crippen molar-refractivity contribution in [2.75, 3.05) is 12.3 Å². The van der Waals surface area contributed by atoms with Crippen molar-refractivity contribution in [3.05, 3.63) is 35.4 Å². The molecule has 3 heterocycles. The van der Waals surface area contributed by atoms with Gasteiger partial charge in [-0.1, -0.05) is 26.0 Å². The molecule has 164 valence electrons. The minimum atomic E-state index is -3.76. The zero-order chi connectivity index (χ0) is 22.1. The highest BCUT2D eigenvalue weighted by Crippen LogP contribution is 2.70. The summed E-state index contributed by atoms with van der Waals surface area (Å²) in [5, 5.41) is 2.42. The smallest absolute Gasteiger partial charge is 0.271 e. The van der Waals surface area contributed by atoms with Gasteiger partial charge in [0.15, 0.2) is 0 Å². The number of fused-ring (bicyclic) bond motifs is 2. The zero-order valence-corrected chi connectivity index (χ0v) is 18.6. The van der Waals surface area contributed by atoms with Crippen molar-refractivity contribution in [2.45, 2.75) is 51.6 Å². The second-order valence-electron chi connectivity index (χ2n) is 10.5. The maximum absolute atomic E-state index is 13.7. The van der Waals surface area contributed by atoms with Crippen LogP contribution >= 0.6 is 0 Å². The molecule has 0 N–H and O–H groups in total. The second kappa shape index (κ2) is 5.38. The summed E-state index contributed by atoms with van der Waals surface area (Å²) < 4.78 is 27.6. The van der Waals surface area contributed by atoms with Crippen LogP contribution in [0.1, 0.15) is 60.7 Å². The molecule has 4 fully saturated rings. The van der Waals surface area contributed by atoms with E-state index in [1.807, 2.05) is 0 Å². The minimum Gasteiger partial charge on any atom is -0.271 e. The summed E-state index contributed by atoms with van der Waals surface area (Å²) in [5.41, 5.74) is -1.16. The Morgan fingerprint density at radius 2 is 1.68 bits per heavy atom. The fourth-order valence-corrected chi connectivity index (χ4v) is 9.54. The number of nitrogens with zero attached hydrogens (tertiary/aromatic N) is 3. The van der Waals surface area contributed by atoms with E-state index in [1.54, 1.807) is 31.2 Å². The molecular formula is C22H25N3O5S. The topological polar surface area (TPSA) is 94.8 Å². The number of imide groups is 1. The van der Waals surface area contributed by atoms with Crippen molar-refractivity contribution >= 4 is 27.7 Å². The van der Waals surface area contributed by atoms with E-state index < -0.39 is 38.7 Å². The highest BCUT2D eigenvalue weighted by atomic mass is 32.2. The molecule has 5 atom stereocenters. The summed E-state index contributed by atoms with van der Waals surface area (Å²) in [7, 11) is -3.76. The second-order valence-corrected chi connectivity index (χ2v) is 12.4. The van der Waals surface area contributed by atoms with Gasteiger partial charge in [-0.25, -0.2) is 17.7 Å². The molecule has 6 rings (SSSR count). The first-order valence-corrected chi connectivity index (χ1v) is 12.4. The monoisotopic (exact) mass is 443 g/mol. The lowest BCUT2D eigenvalue weighted by Crippen LogP contribution is -2.51. The standard InChI is InChI=1S/C22H25N3O5S/c1-20(2)13-8-9-22(20)12-31(29,30)25(16(22)10-13)19(28)21(3)11-23(21)24-17(26)14-6-4-5-7-15(14)18(24)27/h4-7,13,16H,8-12H2,1-3H3/t13-,16-,21-,22-,23?/m1/s1. The first-order valence-electron chi connectivity index (χ1n) is 10.8. The summed E-state index contributed by atoms with van der Waals surface area (Å²) >= 11 is 0. The number of carbonyl (C=O) groups excluding carboxylic acids is 3. The third-order valence-corrected chi connectivity index (χ3v) is 10.9. The van der Waals surface area contributed by atoms with Gasteiger partial charge in [0.25, 0.3) is 17.7 Å². The van der Waals surface area contributed by atoms with Crippen molar-refractivity contribution in [3.63, 3.8) is 0 Å². The van der Waals surface area contributed by atoms with E-state index in [0.29, 0.717) is 23.5 Å². The van der Waals surface area contributed by atoms with Gasteiger partial charge in [-0.2, -0.15) is 5.01 Å². The van der Waals surface area contributed by atoms with Gasteiger partial charge >= 0.3 is 0 Å². The van der Waals surface area contributed by atoms with E-state index in [9.17, 15) is 22.8 Å². The molecule has 0 radical (unpaired) electrons. The van der Waals surface area contributed by atoms with Crippen molar-refractivity contribution in [2.24, 2.45) is 16.7 Å². The molecule has 1 unspecified atom stereocenters. The molecule has 2 saturated carbocycles. The Bertz CT molecular complexity index is 1160. The first kappa shape index (κ1) is 19.4. The van der Waals surface area contributed by atoms with Crippen LogP contribution in [0.4, 0.5) is 0 Å². The number of rotatable bonds is 2. The number of hydrogen-bond acceptors (Lipinski definition) is 6. The maximum Gasteiger partial charge on any atom is 0.276 e. The van der Waals surface area contributed by atoms with Gasteiger partial charge in [0.1, 0.15) is 5.54 Å². The van der Waals surface area contributed by atoms with Crippen LogP contribution in [-0.2, 0) is 14.8 Å². The Hall–Kier alpha value is -2.26. The van der Waals surface area contributed by atoms with Crippen molar-refractivity contribution in [1.29, 1.82) is 0 Å². The third kappa shape index (κ3) is 2.05. The average molecular weight is 444 g/mol. The number of amides is 3. The lowest BCUT2D eigenvalue weighted by Gasteiger charge is -2.37. The molecule has 31 heavy (non-hydrogen) atoms. The van der Waals surface area contributed by atoms with E-state index in [1.165, 1.54) is 5.01 Å². The quantitative estimate of drug-likeness (QED) is 0.509. The summed E-state index contributed by atoms with van der Waals surface area (Å²) in [6, 6.07) is 6.22. The van der Waals surface area contributed by atoms with Gasteiger partial charge in [-0.05, 0) is 49.7 Å². The lowest BCUT2D eigenvalue weighted by molar-refractivity contribution is -0.133. The predicted octanol–water partition coefficient (Wildman–Crippen LogP) is 1.64. The third-order valence-electron chi connectivity index (χ3n) is 9.01. The number of hydrazine groups is 1. The lowest BCUT2D eigenvalue weighted by atomic mass is 9.69. The van der Waals surface area contributed by atoms with Crippen LogP contribution in [0.5, 0.6) is 0 Å². The van der Waals surface area contributed by atoms with E-state index in [2.05, 4.69) is 13.8 Å². The molecule has 8 nitrogen and oxygen atoms in total. The highest BCUT2D eigenvalue weighted by molar-refractivity contribution is 7.90. The molecule has 9 heteroatoms. The number of sulfonamides is 1. The molecular weight excluding hydrogens is 418 g/mol. The Morgan fingerprint density at radius 3 is 2.26 bits per heavy atom. The van der Waals surface area contributed by atoms with E-state index in [0.717, 1.165) is 22.2 Å². The molecule has 1 spiro atoms. The zero-order valence-electron chi connectivity index (χ0n) is 17.8. The molecule has 0 aromatic heterocycles. The van der Waals surface area contributed by atoms with E-state index in [4.69, 9.17) is 0 Å². The molecule has 2 bridgehead atoms. The Morgan fingerprint density at radius 1 is 1.06 bits per heavy atom. The summed E-state index contributed by atoms with van der Waals surface area (Å²) in [4.78, 5) is 39.4. The van der Waals surface area contributed by atoms with E-state index >= 15 is 0 Å². The van der Waals surface area contributed by atoms with Crippen LogP contribution in [0.3, 0.4) is 0 Å². The Kier molecular flexibility index (Phi) is 3.37. The van der Waals surface area contributed by atoms with Gasteiger partial charge in [0, 0.05) is 12.0 Å². The molecule has 1 aromatic rings. The highest BCUT2D eigenvalue weighted by Gasteiger charge is 2.75. The number of hydrogen-bond donors (Lipinski definition) is 0. The number of carbonyl (C=O) groups is 3. The molecule has 1 aromatic carbocycles. The average Bonchev–Trinajstić information content (AvgIpc) is 3.02. The van der Waals surface area contributed by atoms with E-state index in [-0.39, 0.29) is 23.8 Å². The van der Waals surface area contributed by atoms with Crippen LogP contribution in [0.2, 0.25) is 0 Å². The number of benzene rings is 1. The minimum absolute atomic E-state index is 0.00298. The molecule has 3 amide bonds. The summed E-state index contributed by atoms with van der Waals surface area (Å²) in [6.07, 6.45) is 2.51. The van der Waals surface area contributed by atoms with Gasteiger partial charge in [0.05, 0.1) is 22.9 Å². The fourth-order valence-electron chi connectivity index (χ4n) is 6.92. The normalized spacial score (nSPS) is 40.9. The van der Waals surface area contributed by atoms with Gasteiger partial charge < -0.3 is 0 Å². The van der Waals surface area contributed by atoms with Gasteiger partial charge in [-0.3, -0.25) is 14.4 Å². The Labute approximate surface area is 181 Å². The van der Waals surface area contributed by atoms with Gasteiger partial charge in [-0.15, -0.1) is 0 Å². The van der Waals surface area contributed by atoms with Crippen molar-refractivity contribution in [3.8, 4) is 0 Å². The molecule has 5 aliphatic rings. The predicted molar refractivity (Wildman–Crippen MR) is 110 cm³/mol. The van der Waals surface area contributed by atoms with Crippen LogP contribution in [-0.4, -0.2) is 64.3 Å².